The van der Waals surface area contributed by atoms with Gasteiger partial charge in [0.15, 0.2) is 0 Å². The molecule has 0 bridgehead atoms. The highest BCUT2D eigenvalue weighted by molar-refractivity contribution is 5.92. The molecule has 0 saturated carbocycles. The van der Waals surface area contributed by atoms with Gasteiger partial charge in [-0.15, -0.1) is 0 Å². The smallest absolute Gasteiger partial charge is 0.410 e. The van der Waals surface area contributed by atoms with Crippen LogP contribution in [0.5, 0.6) is 0 Å². The summed E-state index contributed by atoms with van der Waals surface area (Å²) in [6.45, 7) is 7.13. The van der Waals surface area contributed by atoms with E-state index in [4.69, 9.17) is 9.47 Å². The first-order valence-electron chi connectivity index (χ1n) is 16.7. The van der Waals surface area contributed by atoms with E-state index in [-0.39, 0.29) is 44.5 Å². The molecule has 4 amide bonds. The summed E-state index contributed by atoms with van der Waals surface area (Å²) in [5, 5.41) is 3.81. The Balaban J connectivity index is 1.53. The number of rotatable bonds is 12. The molecule has 0 radical (unpaired) electrons. The van der Waals surface area contributed by atoms with Crippen LogP contribution in [-0.2, 0) is 41.5 Å². The van der Waals surface area contributed by atoms with Gasteiger partial charge in [0, 0.05) is 50.7 Å². The fourth-order valence-corrected chi connectivity index (χ4v) is 6.19. The lowest BCUT2D eigenvalue weighted by atomic mass is 9.75. The molecular formula is C37H49N5O7. The van der Waals surface area contributed by atoms with Crippen LogP contribution in [0.1, 0.15) is 51.7 Å². The Morgan fingerprint density at radius 1 is 0.980 bits per heavy atom. The first-order valence-corrected chi connectivity index (χ1v) is 16.7. The minimum absolute atomic E-state index is 0.148. The summed E-state index contributed by atoms with van der Waals surface area (Å²) in [5.74, 6) is -1.67. The first-order chi connectivity index (χ1) is 23.2. The lowest BCUT2D eigenvalue weighted by molar-refractivity contribution is -0.161. The normalized spacial score (nSPS) is 16.8. The number of piperidine rings is 1. The van der Waals surface area contributed by atoms with Crippen LogP contribution in [0.15, 0.2) is 60.8 Å². The maximum atomic E-state index is 14.4. The number of hydrogen-bond donors (Lipinski definition) is 2. The molecule has 2 atom stereocenters. The number of amides is 4. The van der Waals surface area contributed by atoms with Crippen LogP contribution in [0.3, 0.4) is 0 Å². The number of hydrogen-bond acceptors (Lipinski definition) is 7. The Labute approximate surface area is 288 Å². The molecule has 4 rings (SSSR count). The Hall–Kier alpha value is -4.87. The summed E-state index contributed by atoms with van der Waals surface area (Å²) in [4.78, 5) is 73.9. The third-order valence-electron chi connectivity index (χ3n) is 8.60. The van der Waals surface area contributed by atoms with Gasteiger partial charge in [-0.1, -0.05) is 48.5 Å². The Kier molecular flexibility index (Phi) is 12.1. The van der Waals surface area contributed by atoms with Crippen molar-refractivity contribution in [2.24, 2.45) is 5.41 Å². The zero-order valence-electron chi connectivity index (χ0n) is 29.4. The average molecular weight is 676 g/mol. The van der Waals surface area contributed by atoms with Crippen LogP contribution in [0.2, 0.25) is 0 Å². The van der Waals surface area contributed by atoms with E-state index in [1.807, 2.05) is 60.8 Å². The largest absolute Gasteiger partial charge is 0.466 e. The monoisotopic (exact) mass is 675 g/mol. The van der Waals surface area contributed by atoms with Crippen LogP contribution in [0.25, 0.3) is 10.9 Å². The van der Waals surface area contributed by atoms with Crippen molar-refractivity contribution in [1.29, 1.82) is 0 Å². The number of fused-ring (bicyclic) bond motifs is 1. The van der Waals surface area contributed by atoms with E-state index in [9.17, 15) is 24.0 Å². The number of carbonyl (C=O) groups is 5. The van der Waals surface area contributed by atoms with Crippen molar-refractivity contribution in [3.05, 3.63) is 71.9 Å². The van der Waals surface area contributed by atoms with Gasteiger partial charge in [-0.25, -0.2) is 4.79 Å². The summed E-state index contributed by atoms with van der Waals surface area (Å²) in [6, 6.07) is 16.4. The van der Waals surface area contributed by atoms with Gasteiger partial charge in [-0.05, 0) is 64.2 Å². The van der Waals surface area contributed by atoms with E-state index in [1.165, 1.54) is 19.0 Å². The van der Waals surface area contributed by atoms with Gasteiger partial charge in [0.2, 0.25) is 17.7 Å². The minimum Gasteiger partial charge on any atom is -0.466 e. The fourth-order valence-electron chi connectivity index (χ4n) is 6.19. The number of ether oxygens (including phenoxy) is 2. The fraction of sp³-hybridized carbons (Fsp3) is 0.486. The molecule has 12 nitrogen and oxygen atoms in total. The molecule has 1 saturated heterocycles. The summed E-state index contributed by atoms with van der Waals surface area (Å²) in [5.41, 5.74) is 1.05. The molecule has 1 aromatic heterocycles. The molecule has 2 heterocycles. The van der Waals surface area contributed by atoms with Gasteiger partial charge in [0.1, 0.15) is 18.2 Å². The number of likely N-dealkylation sites (N-methyl/N-ethyl adjacent to an activating group) is 2. The number of esters is 1. The van der Waals surface area contributed by atoms with Gasteiger partial charge in [-0.3, -0.25) is 19.2 Å². The second kappa shape index (κ2) is 16.0. The van der Waals surface area contributed by atoms with E-state index in [2.05, 4.69) is 10.3 Å². The summed E-state index contributed by atoms with van der Waals surface area (Å²) in [6.07, 6.45) is 2.93. The summed E-state index contributed by atoms with van der Waals surface area (Å²) < 4.78 is 10.9. The quantitative estimate of drug-likeness (QED) is 0.277. The SMILES string of the molecule is CCOC(=O)[C@]1(Cc2ccccc2)CCCN(C(=O)[C@@H](Cc2c[nH]c3ccccc23)NC(=O)CN(C)C(=O)CN(C)C(=O)OC(C)(C)C)C1. The maximum absolute atomic E-state index is 14.4. The predicted octanol–water partition coefficient (Wildman–Crippen LogP) is 3.94. The second-order valence-electron chi connectivity index (χ2n) is 13.8. The number of benzene rings is 2. The van der Waals surface area contributed by atoms with Crippen molar-refractivity contribution < 1.29 is 33.4 Å². The third kappa shape index (κ3) is 9.84. The Bertz CT molecular complexity index is 1630. The molecule has 0 aliphatic carbocycles. The third-order valence-corrected chi connectivity index (χ3v) is 8.60. The molecule has 2 aromatic carbocycles. The summed E-state index contributed by atoms with van der Waals surface area (Å²) in [7, 11) is 2.91. The van der Waals surface area contributed by atoms with Crippen LogP contribution >= 0.6 is 0 Å². The number of nitrogens with zero attached hydrogens (tertiary/aromatic N) is 3. The van der Waals surface area contributed by atoms with Gasteiger partial charge in [0.05, 0.1) is 18.6 Å². The van der Waals surface area contributed by atoms with Gasteiger partial charge < -0.3 is 34.5 Å². The van der Waals surface area contributed by atoms with Crippen LogP contribution in [0.4, 0.5) is 4.79 Å². The number of nitrogens with one attached hydrogen (secondary N) is 2. The number of aromatic nitrogens is 1. The van der Waals surface area contributed by atoms with E-state index in [0.717, 1.165) is 26.9 Å². The van der Waals surface area contributed by atoms with E-state index in [0.29, 0.717) is 25.8 Å². The number of carbonyl (C=O) groups excluding carboxylic acids is 5. The Morgan fingerprint density at radius 2 is 1.67 bits per heavy atom. The van der Waals surface area contributed by atoms with Gasteiger partial charge >= 0.3 is 12.1 Å². The molecule has 1 fully saturated rings. The number of likely N-dealkylation sites (tertiary alicyclic amines) is 1. The zero-order valence-corrected chi connectivity index (χ0v) is 29.4. The minimum atomic E-state index is -0.977. The number of aromatic amines is 1. The zero-order chi connectivity index (χ0) is 35.8. The topological polar surface area (TPSA) is 141 Å². The highest BCUT2D eigenvalue weighted by atomic mass is 16.6. The second-order valence-corrected chi connectivity index (χ2v) is 13.8. The molecule has 0 spiro atoms. The molecular weight excluding hydrogens is 626 g/mol. The average Bonchev–Trinajstić information content (AvgIpc) is 3.46. The molecule has 0 unspecified atom stereocenters. The molecule has 12 heteroatoms. The van der Waals surface area contributed by atoms with E-state index >= 15 is 0 Å². The van der Waals surface area contributed by atoms with Crippen molar-refractivity contribution in [2.45, 2.75) is 65.0 Å². The van der Waals surface area contributed by atoms with E-state index in [1.54, 1.807) is 32.6 Å². The lowest BCUT2D eigenvalue weighted by Gasteiger charge is -2.42. The van der Waals surface area contributed by atoms with Crippen LogP contribution in [0, 0.1) is 5.41 Å². The molecule has 2 N–H and O–H groups in total. The molecule has 264 valence electrons. The van der Waals surface area contributed by atoms with E-state index < -0.39 is 35.0 Å². The van der Waals surface area contributed by atoms with Crippen molar-refractivity contribution in [1.82, 2.24) is 25.0 Å². The highest BCUT2D eigenvalue weighted by Gasteiger charge is 2.46. The van der Waals surface area contributed by atoms with Crippen LogP contribution in [-0.4, -0.2) is 108 Å². The van der Waals surface area contributed by atoms with Crippen molar-refractivity contribution in [3.63, 3.8) is 0 Å². The van der Waals surface area contributed by atoms with Crippen molar-refractivity contribution >= 4 is 40.7 Å². The maximum Gasteiger partial charge on any atom is 0.410 e. The lowest BCUT2D eigenvalue weighted by Crippen LogP contribution is -2.57. The first kappa shape index (κ1) is 37.0. The number of H-pyrrole nitrogens is 1. The van der Waals surface area contributed by atoms with Crippen LogP contribution < -0.4 is 5.32 Å². The molecule has 1 aliphatic heterocycles. The summed E-state index contributed by atoms with van der Waals surface area (Å²) >= 11 is 0. The van der Waals surface area contributed by atoms with Crippen molar-refractivity contribution in [2.75, 3.05) is 46.9 Å². The molecule has 49 heavy (non-hydrogen) atoms. The molecule has 3 aromatic rings. The van der Waals surface area contributed by atoms with Gasteiger partial charge in [-0.2, -0.15) is 0 Å². The number of para-hydroxylation sites is 1. The predicted molar refractivity (Wildman–Crippen MR) is 185 cm³/mol. The van der Waals surface area contributed by atoms with Crippen molar-refractivity contribution in [3.8, 4) is 0 Å². The Morgan fingerprint density at radius 3 is 2.37 bits per heavy atom. The highest BCUT2D eigenvalue weighted by Crippen LogP contribution is 2.36. The molecule has 1 aliphatic rings. The standard InChI is InChI=1S/C37H49N5O7/c1-7-48-34(46)37(21-26-14-9-8-10-15-26)18-13-19-42(25-37)33(45)30(20-27-22-38-29-17-12-11-16-28(27)29)39-31(43)23-40(5)32(44)24-41(6)35(47)49-36(2,3)4/h8-12,14-17,22,30,38H,7,13,18-21,23-25H2,1-6H3,(H,39,43)/t30-,37+/m1/s1. The van der Waals surface area contributed by atoms with Gasteiger partial charge in [0.25, 0.3) is 0 Å².